The SMILES string of the molecule is O=C(O)[C@H]1CCCN(C(=O)c2cc3ccc(F)cc3s2)C1. The highest BCUT2D eigenvalue weighted by Gasteiger charge is 2.29. The predicted octanol–water partition coefficient (Wildman–Crippen LogP) is 2.98. The highest BCUT2D eigenvalue weighted by molar-refractivity contribution is 7.20. The third kappa shape index (κ3) is 2.76. The molecule has 0 radical (unpaired) electrons. The van der Waals surface area contributed by atoms with Gasteiger partial charge in [-0.05, 0) is 36.4 Å². The normalized spacial score (nSPS) is 18.9. The van der Waals surface area contributed by atoms with Crippen molar-refractivity contribution in [2.75, 3.05) is 13.1 Å². The van der Waals surface area contributed by atoms with E-state index in [0.717, 1.165) is 10.1 Å². The number of hydrogen-bond acceptors (Lipinski definition) is 3. The largest absolute Gasteiger partial charge is 0.481 e. The maximum absolute atomic E-state index is 13.2. The fourth-order valence-corrected chi connectivity index (χ4v) is 3.68. The second-order valence-corrected chi connectivity index (χ2v) is 6.31. The number of hydrogen-bond donors (Lipinski definition) is 1. The van der Waals surface area contributed by atoms with Gasteiger partial charge in [-0.25, -0.2) is 4.39 Å². The molecule has 110 valence electrons. The number of carboxylic acid groups (broad SMARTS) is 1. The first-order chi connectivity index (χ1) is 10.0. The van der Waals surface area contributed by atoms with E-state index in [1.165, 1.54) is 23.5 Å². The molecule has 0 unspecified atom stereocenters. The van der Waals surface area contributed by atoms with Crippen molar-refractivity contribution in [1.29, 1.82) is 0 Å². The van der Waals surface area contributed by atoms with Crippen LogP contribution in [0.1, 0.15) is 22.5 Å². The van der Waals surface area contributed by atoms with Crippen molar-refractivity contribution < 1.29 is 19.1 Å². The molecule has 1 amide bonds. The van der Waals surface area contributed by atoms with Crippen molar-refractivity contribution in [3.8, 4) is 0 Å². The summed E-state index contributed by atoms with van der Waals surface area (Å²) in [6.07, 6.45) is 1.30. The van der Waals surface area contributed by atoms with Crippen LogP contribution in [0.5, 0.6) is 0 Å². The molecule has 0 aliphatic carbocycles. The van der Waals surface area contributed by atoms with Crippen LogP contribution in [0.2, 0.25) is 0 Å². The molecule has 1 N–H and O–H groups in total. The molecule has 1 aromatic heterocycles. The van der Waals surface area contributed by atoms with Gasteiger partial charge < -0.3 is 10.0 Å². The van der Waals surface area contributed by atoms with Crippen molar-refractivity contribution >= 4 is 33.3 Å². The number of carboxylic acids is 1. The Morgan fingerprint density at radius 1 is 1.33 bits per heavy atom. The summed E-state index contributed by atoms with van der Waals surface area (Å²) in [7, 11) is 0. The Morgan fingerprint density at radius 3 is 2.90 bits per heavy atom. The Balaban J connectivity index is 1.84. The van der Waals surface area contributed by atoms with Crippen molar-refractivity contribution in [3.05, 3.63) is 35.0 Å². The number of piperidine rings is 1. The molecule has 6 heteroatoms. The summed E-state index contributed by atoms with van der Waals surface area (Å²) in [5, 5.41) is 9.91. The molecule has 1 saturated heterocycles. The molecular weight excluding hydrogens is 293 g/mol. The van der Waals surface area contributed by atoms with E-state index in [-0.39, 0.29) is 18.3 Å². The molecule has 1 fully saturated rings. The van der Waals surface area contributed by atoms with E-state index in [4.69, 9.17) is 5.11 Å². The first-order valence-corrected chi connectivity index (χ1v) is 7.57. The van der Waals surface area contributed by atoms with Gasteiger partial charge in [-0.15, -0.1) is 11.3 Å². The lowest BCUT2D eigenvalue weighted by Crippen LogP contribution is -2.42. The molecule has 1 aromatic carbocycles. The lowest BCUT2D eigenvalue weighted by Gasteiger charge is -2.30. The van der Waals surface area contributed by atoms with E-state index in [1.54, 1.807) is 17.0 Å². The Kier molecular flexibility index (Phi) is 3.63. The quantitative estimate of drug-likeness (QED) is 0.928. The summed E-state index contributed by atoms with van der Waals surface area (Å²) in [4.78, 5) is 25.6. The van der Waals surface area contributed by atoms with E-state index in [2.05, 4.69) is 0 Å². The van der Waals surface area contributed by atoms with Gasteiger partial charge in [-0.3, -0.25) is 9.59 Å². The van der Waals surface area contributed by atoms with E-state index in [0.29, 0.717) is 24.3 Å². The fraction of sp³-hybridized carbons (Fsp3) is 0.333. The van der Waals surface area contributed by atoms with Gasteiger partial charge in [0, 0.05) is 17.8 Å². The number of aliphatic carboxylic acids is 1. The van der Waals surface area contributed by atoms with Crippen molar-refractivity contribution in [2.45, 2.75) is 12.8 Å². The van der Waals surface area contributed by atoms with Crippen LogP contribution in [-0.2, 0) is 4.79 Å². The lowest BCUT2D eigenvalue weighted by atomic mass is 9.98. The molecule has 1 aliphatic rings. The van der Waals surface area contributed by atoms with Gasteiger partial charge in [0.15, 0.2) is 0 Å². The topological polar surface area (TPSA) is 57.6 Å². The standard InChI is InChI=1S/C15H14FNO3S/c16-11-4-3-9-6-13(21-12(9)7-11)14(18)17-5-1-2-10(8-17)15(19)20/h3-4,6-7,10H,1-2,5,8H2,(H,19,20)/t10-/m0/s1. The Bertz CT molecular complexity index is 712. The molecular formula is C15H14FNO3S. The third-order valence-corrected chi connectivity index (χ3v) is 4.84. The maximum Gasteiger partial charge on any atom is 0.308 e. The van der Waals surface area contributed by atoms with E-state index in [9.17, 15) is 14.0 Å². The zero-order chi connectivity index (χ0) is 15.0. The molecule has 4 nitrogen and oxygen atoms in total. The minimum absolute atomic E-state index is 0.164. The van der Waals surface area contributed by atoms with Gasteiger partial charge in [-0.2, -0.15) is 0 Å². The van der Waals surface area contributed by atoms with Gasteiger partial charge >= 0.3 is 5.97 Å². The van der Waals surface area contributed by atoms with Gasteiger partial charge in [0.25, 0.3) is 5.91 Å². The molecule has 3 rings (SSSR count). The molecule has 0 saturated carbocycles. The first kappa shape index (κ1) is 14.0. The Hall–Kier alpha value is -1.95. The second kappa shape index (κ2) is 5.44. The number of carbonyl (C=O) groups excluding carboxylic acids is 1. The van der Waals surface area contributed by atoms with E-state index >= 15 is 0 Å². The summed E-state index contributed by atoms with van der Waals surface area (Å²) in [6.45, 7) is 0.821. The average molecular weight is 307 g/mol. The van der Waals surface area contributed by atoms with Gasteiger partial charge in [-0.1, -0.05) is 6.07 Å². The van der Waals surface area contributed by atoms with Crippen LogP contribution in [0.15, 0.2) is 24.3 Å². The minimum Gasteiger partial charge on any atom is -0.481 e. The number of likely N-dealkylation sites (tertiary alicyclic amines) is 1. The first-order valence-electron chi connectivity index (χ1n) is 6.76. The molecule has 1 atom stereocenters. The van der Waals surface area contributed by atoms with Gasteiger partial charge in [0.1, 0.15) is 5.82 Å². The molecule has 1 aliphatic heterocycles. The summed E-state index contributed by atoms with van der Waals surface area (Å²) >= 11 is 1.24. The Labute approximate surface area is 124 Å². The van der Waals surface area contributed by atoms with Crippen LogP contribution in [0.4, 0.5) is 4.39 Å². The van der Waals surface area contributed by atoms with Gasteiger partial charge in [0.2, 0.25) is 0 Å². The molecule has 2 aromatic rings. The average Bonchev–Trinajstić information content (AvgIpc) is 2.89. The summed E-state index contributed by atoms with van der Waals surface area (Å²) < 4.78 is 13.9. The van der Waals surface area contributed by atoms with Crippen LogP contribution in [0.3, 0.4) is 0 Å². The number of benzene rings is 1. The zero-order valence-corrected chi connectivity index (χ0v) is 12.0. The number of fused-ring (bicyclic) bond motifs is 1. The maximum atomic E-state index is 13.2. The van der Waals surface area contributed by atoms with Crippen LogP contribution in [0.25, 0.3) is 10.1 Å². The van der Waals surface area contributed by atoms with Crippen molar-refractivity contribution in [3.63, 3.8) is 0 Å². The summed E-state index contributed by atoms with van der Waals surface area (Å²) in [5.74, 6) is -1.84. The van der Waals surface area contributed by atoms with Gasteiger partial charge in [0.05, 0.1) is 10.8 Å². The summed E-state index contributed by atoms with van der Waals surface area (Å²) in [5.41, 5.74) is 0. The fourth-order valence-electron chi connectivity index (χ4n) is 2.63. The van der Waals surface area contributed by atoms with Crippen LogP contribution in [-0.4, -0.2) is 35.0 Å². The van der Waals surface area contributed by atoms with Crippen LogP contribution >= 0.6 is 11.3 Å². The molecule has 0 bridgehead atoms. The Morgan fingerprint density at radius 2 is 2.14 bits per heavy atom. The summed E-state index contributed by atoms with van der Waals surface area (Å²) in [6, 6.07) is 6.16. The number of carbonyl (C=O) groups is 2. The zero-order valence-electron chi connectivity index (χ0n) is 11.2. The van der Waals surface area contributed by atoms with Crippen LogP contribution < -0.4 is 0 Å². The molecule has 2 heterocycles. The smallest absolute Gasteiger partial charge is 0.308 e. The van der Waals surface area contributed by atoms with E-state index < -0.39 is 11.9 Å². The highest BCUT2D eigenvalue weighted by Crippen LogP contribution is 2.28. The monoisotopic (exact) mass is 307 g/mol. The minimum atomic E-state index is -0.856. The second-order valence-electron chi connectivity index (χ2n) is 5.22. The molecule has 0 spiro atoms. The number of halogens is 1. The number of nitrogens with zero attached hydrogens (tertiary/aromatic N) is 1. The number of thiophene rings is 1. The molecule has 21 heavy (non-hydrogen) atoms. The van der Waals surface area contributed by atoms with E-state index in [1.807, 2.05) is 0 Å². The number of rotatable bonds is 2. The van der Waals surface area contributed by atoms with Crippen molar-refractivity contribution in [2.24, 2.45) is 5.92 Å². The van der Waals surface area contributed by atoms with Crippen LogP contribution in [0, 0.1) is 11.7 Å². The number of amides is 1. The van der Waals surface area contributed by atoms with Crippen molar-refractivity contribution in [1.82, 2.24) is 4.90 Å². The predicted molar refractivity (Wildman–Crippen MR) is 78.0 cm³/mol. The lowest BCUT2D eigenvalue weighted by molar-refractivity contribution is -0.143. The third-order valence-electron chi connectivity index (χ3n) is 3.75. The highest BCUT2D eigenvalue weighted by atomic mass is 32.1.